The van der Waals surface area contributed by atoms with E-state index in [1.54, 1.807) is 79.2 Å². The number of pyridine rings is 3. The average Bonchev–Trinajstić information content (AvgIpc) is 3.48. The highest BCUT2D eigenvalue weighted by Crippen LogP contribution is 2.36. The number of nitriles is 1. The van der Waals surface area contributed by atoms with Crippen LogP contribution in [-0.2, 0) is 6.54 Å². The fraction of sp³-hybridized carbons (Fsp3) is 0.0938. The van der Waals surface area contributed by atoms with Gasteiger partial charge < -0.3 is 10.0 Å². The van der Waals surface area contributed by atoms with Crippen molar-refractivity contribution in [1.82, 2.24) is 24.5 Å². The lowest BCUT2D eigenvalue weighted by Gasteiger charge is -2.20. The van der Waals surface area contributed by atoms with E-state index < -0.39 is 11.5 Å². The first-order valence-electron chi connectivity index (χ1n) is 13.1. The summed E-state index contributed by atoms with van der Waals surface area (Å²) >= 11 is 7.64. The van der Waals surface area contributed by atoms with Crippen molar-refractivity contribution in [1.29, 1.82) is 5.26 Å². The number of halogens is 1. The van der Waals surface area contributed by atoms with Gasteiger partial charge in [0.2, 0.25) is 0 Å². The van der Waals surface area contributed by atoms with Crippen LogP contribution in [0.25, 0.3) is 32.2 Å². The number of anilines is 2. The van der Waals surface area contributed by atoms with Gasteiger partial charge in [-0.25, -0.2) is 14.8 Å². The van der Waals surface area contributed by atoms with Crippen LogP contribution in [0.5, 0.6) is 0 Å². The molecule has 214 valence electrons. The molecule has 0 unspecified atom stereocenters. The Hall–Kier alpha value is -5.62. The molecule has 6 rings (SSSR count). The minimum absolute atomic E-state index is 0.00626. The predicted octanol–water partition coefficient (Wildman–Crippen LogP) is 5.81. The zero-order valence-corrected chi connectivity index (χ0v) is 24.8. The molecule has 12 heteroatoms. The van der Waals surface area contributed by atoms with Crippen molar-refractivity contribution >= 4 is 61.5 Å². The number of carboxylic acid groups (broad SMARTS) is 1. The molecule has 0 bridgehead atoms. The van der Waals surface area contributed by atoms with E-state index in [-0.39, 0.29) is 23.1 Å². The van der Waals surface area contributed by atoms with Crippen molar-refractivity contribution in [3.8, 4) is 29.0 Å². The van der Waals surface area contributed by atoms with Gasteiger partial charge in [0.05, 0.1) is 39.4 Å². The summed E-state index contributed by atoms with van der Waals surface area (Å²) in [6.45, 7) is 1.70. The maximum absolute atomic E-state index is 13.8. The van der Waals surface area contributed by atoms with Gasteiger partial charge >= 0.3 is 5.97 Å². The lowest BCUT2D eigenvalue weighted by atomic mass is 10.00. The van der Waals surface area contributed by atoms with E-state index in [2.05, 4.69) is 37.8 Å². The minimum atomic E-state index is -1.05. The number of carbonyl (C=O) groups is 1. The molecule has 0 saturated heterocycles. The molecule has 0 radical (unpaired) electrons. The van der Waals surface area contributed by atoms with Crippen LogP contribution in [0, 0.1) is 30.1 Å². The summed E-state index contributed by atoms with van der Waals surface area (Å²) in [5.41, 5.74) is 3.38. The number of thiophene rings is 1. The first kappa shape index (κ1) is 28.5. The molecule has 10 nitrogen and oxygen atoms in total. The van der Waals surface area contributed by atoms with Crippen molar-refractivity contribution in [2.45, 2.75) is 13.5 Å². The second-order valence-corrected chi connectivity index (χ2v) is 10.9. The fourth-order valence-corrected chi connectivity index (χ4v) is 6.10. The standard InChI is InChI=1S/C32H20ClN7O3S/c1-18-38-26-16-37-30(39(2)21-7-10-35-11-8-21)24(15-34)27(26)31(41)40(18)13-3-4-19-5-6-20(33)14-23(19)22-9-12-36-28-25(32(42)43)17-44-29(22)28/h5-12,14,16-17H,13H2,1-2H3,(H,42,43). The van der Waals surface area contributed by atoms with Crippen molar-refractivity contribution in [2.75, 3.05) is 11.9 Å². The number of benzene rings is 1. The molecule has 1 N–H and O–H groups in total. The Labute approximate surface area is 259 Å². The molecule has 0 aliphatic heterocycles. The molecule has 0 aliphatic carbocycles. The third kappa shape index (κ3) is 5.01. The normalized spacial score (nSPS) is 10.8. The largest absolute Gasteiger partial charge is 0.478 e. The zero-order valence-electron chi connectivity index (χ0n) is 23.2. The third-order valence-corrected chi connectivity index (χ3v) is 8.30. The summed E-state index contributed by atoms with van der Waals surface area (Å²) in [5, 5.41) is 21.9. The van der Waals surface area contributed by atoms with E-state index >= 15 is 0 Å². The van der Waals surface area contributed by atoms with Crippen LogP contribution in [0.2, 0.25) is 5.02 Å². The smallest absolute Gasteiger partial charge is 0.338 e. The molecule has 0 saturated carbocycles. The Morgan fingerprint density at radius 1 is 1.14 bits per heavy atom. The highest BCUT2D eigenvalue weighted by Gasteiger charge is 2.20. The third-order valence-electron chi connectivity index (χ3n) is 7.07. The molecule has 5 aromatic heterocycles. The Balaban J connectivity index is 1.42. The SMILES string of the molecule is Cc1nc2cnc(N(C)c3ccncc3)c(C#N)c2c(=O)n1CC#Cc1ccc(Cl)cc1-c1ccnc2c(C(=O)O)csc12. The number of nitrogens with zero attached hydrogens (tertiary/aromatic N) is 7. The molecule has 0 atom stereocenters. The Morgan fingerprint density at radius 2 is 1.93 bits per heavy atom. The quantitative estimate of drug-likeness (QED) is 0.237. The highest BCUT2D eigenvalue weighted by molar-refractivity contribution is 7.18. The summed E-state index contributed by atoms with van der Waals surface area (Å²) in [4.78, 5) is 44.5. The maximum atomic E-state index is 13.8. The molecule has 5 heterocycles. The lowest BCUT2D eigenvalue weighted by molar-refractivity contribution is 0.0699. The van der Waals surface area contributed by atoms with Crippen LogP contribution in [-0.4, -0.2) is 42.6 Å². The van der Waals surface area contributed by atoms with E-state index in [1.165, 1.54) is 22.1 Å². The number of fused-ring (bicyclic) bond motifs is 2. The molecule has 6 aromatic rings. The number of aromatic nitrogens is 5. The number of carboxylic acids is 1. The van der Waals surface area contributed by atoms with Crippen LogP contribution >= 0.6 is 22.9 Å². The van der Waals surface area contributed by atoms with Crippen LogP contribution in [0.3, 0.4) is 0 Å². The van der Waals surface area contributed by atoms with Gasteiger partial charge in [-0.15, -0.1) is 11.3 Å². The van der Waals surface area contributed by atoms with Crippen molar-refractivity contribution in [3.05, 3.63) is 104 Å². The van der Waals surface area contributed by atoms with Gasteiger partial charge in [0.25, 0.3) is 5.56 Å². The van der Waals surface area contributed by atoms with Crippen molar-refractivity contribution in [2.24, 2.45) is 0 Å². The van der Waals surface area contributed by atoms with Gasteiger partial charge in [-0.2, -0.15) is 5.26 Å². The summed E-state index contributed by atoms with van der Waals surface area (Å²) in [5.74, 6) is 5.91. The highest BCUT2D eigenvalue weighted by atomic mass is 35.5. The Morgan fingerprint density at radius 3 is 2.68 bits per heavy atom. The Kier molecular flexibility index (Phi) is 7.50. The summed E-state index contributed by atoms with van der Waals surface area (Å²) in [6, 6.07) is 12.8. The zero-order chi connectivity index (χ0) is 31.0. The van der Waals surface area contributed by atoms with Crippen LogP contribution in [0.1, 0.15) is 27.3 Å². The van der Waals surface area contributed by atoms with Crippen molar-refractivity contribution in [3.63, 3.8) is 0 Å². The Bertz CT molecular complexity index is 2280. The number of aryl methyl sites for hydroxylation is 1. The monoisotopic (exact) mass is 617 g/mol. The van der Waals surface area contributed by atoms with E-state index in [4.69, 9.17) is 11.6 Å². The molecule has 0 spiro atoms. The molecular weight excluding hydrogens is 598 g/mol. The summed E-state index contributed by atoms with van der Waals surface area (Å²) in [6.07, 6.45) is 6.31. The van der Waals surface area contributed by atoms with E-state index in [9.17, 15) is 20.0 Å². The first-order chi connectivity index (χ1) is 21.3. The topological polar surface area (TPSA) is 138 Å². The van der Waals surface area contributed by atoms with E-state index in [0.29, 0.717) is 43.5 Å². The minimum Gasteiger partial charge on any atom is -0.478 e. The fourth-order valence-electron chi connectivity index (χ4n) is 4.90. The van der Waals surface area contributed by atoms with Gasteiger partial charge in [-0.1, -0.05) is 23.4 Å². The molecular formula is C32H20ClN7O3S. The van der Waals surface area contributed by atoms with Gasteiger partial charge in [0.15, 0.2) is 5.82 Å². The van der Waals surface area contributed by atoms with Gasteiger partial charge in [0.1, 0.15) is 17.5 Å². The number of hydrogen-bond acceptors (Lipinski definition) is 9. The first-order valence-corrected chi connectivity index (χ1v) is 14.4. The molecule has 0 aliphatic rings. The van der Waals surface area contributed by atoms with Gasteiger partial charge in [-0.05, 0) is 43.3 Å². The second kappa shape index (κ2) is 11.6. The van der Waals surface area contributed by atoms with Crippen LogP contribution in [0.15, 0.2) is 71.4 Å². The molecule has 0 fully saturated rings. The van der Waals surface area contributed by atoms with E-state index in [1.807, 2.05) is 0 Å². The predicted molar refractivity (Wildman–Crippen MR) is 169 cm³/mol. The number of aromatic carboxylic acids is 1. The summed E-state index contributed by atoms with van der Waals surface area (Å²) in [7, 11) is 1.76. The van der Waals surface area contributed by atoms with Crippen molar-refractivity contribution < 1.29 is 9.90 Å². The van der Waals surface area contributed by atoms with Crippen LogP contribution in [0.4, 0.5) is 11.5 Å². The average molecular weight is 618 g/mol. The molecule has 44 heavy (non-hydrogen) atoms. The second-order valence-electron chi connectivity index (χ2n) is 9.63. The maximum Gasteiger partial charge on any atom is 0.338 e. The van der Waals surface area contributed by atoms with Crippen LogP contribution < -0.4 is 10.5 Å². The number of hydrogen-bond donors (Lipinski definition) is 1. The summed E-state index contributed by atoms with van der Waals surface area (Å²) < 4.78 is 2.12. The van der Waals surface area contributed by atoms with Gasteiger partial charge in [0, 0.05) is 58.4 Å². The number of rotatable bonds is 5. The lowest BCUT2D eigenvalue weighted by Crippen LogP contribution is -2.25. The van der Waals surface area contributed by atoms with Gasteiger partial charge in [-0.3, -0.25) is 19.3 Å². The molecule has 0 amide bonds. The van der Waals surface area contributed by atoms with E-state index in [0.717, 1.165) is 11.3 Å². The molecule has 1 aromatic carbocycles.